The Morgan fingerprint density at radius 3 is 2.50 bits per heavy atom. The SMILES string of the molecule is Cc1nn(Cc2cccc[nH+]2)c(=O)c2ccccc12.[Cl-]. The first kappa shape index (κ1) is 14.2. The van der Waals surface area contributed by atoms with Crippen LogP contribution in [-0.2, 0) is 6.54 Å². The number of nitrogens with one attached hydrogen (secondary N) is 1. The number of fused-ring (bicyclic) bond motifs is 1. The third-order valence-electron chi connectivity index (χ3n) is 3.15. The number of benzene rings is 1. The van der Waals surface area contributed by atoms with Gasteiger partial charge in [0.2, 0.25) is 5.69 Å². The largest absolute Gasteiger partial charge is 1.00 e. The molecule has 2 heterocycles. The Morgan fingerprint density at radius 2 is 1.80 bits per heavy atom. The molecule has 0 spiro atoms. The van der Waals surface area contributed by atoms with Crippen LogP contribution in [0.4, 0.5) is 0 Å². The first-order valence-corrected chi connectivity index (χ1v) is 6.18. The standard InChI is InChI=1S/C15H13N3O.ClH/c1-11-13-7-2-3-8-14(13)15(19)18(17-11)10-12-6-4-5-9-16-12;/h2-9H,10H2,1H3;1H. The molecule has 5 heteroatoms. The zero-order valence-corrected chi connectivity index (χ0v) is 11.8. The Labute approximate surface area is 122 Å². The molecule has 3 rings (SSSR count). The summed E-state index contributed by atoms with van der Waals surface area (Å²) < 4.78 is 1.50. The number of H-pyrrole nitrogens is 1. The number of aryl methyl sites for hydroxylation is 1. The van der Waals surface area contributed by atoms with Gasteiger partial charge in [-0.2, -0.15) is 5.10 Å². The molecule has 4 nitrogen and oxygen atoms in total. The van der Waals surface area contributed by atoms with E-state index in [1.807, 2.05) is 55.6 Å². The maximum atomic E-state index is 12.4. The Balaban J connectivity index is 0.00000147. The van der Waals surface area contributed by atoms with Gasteiger partial charge in [0.25, 0.3) is 5.56 Å². The highest BCUT2D eigenvalue weighted by molar-refractivity contribution is 5.83. The van der Waals surface area contributed by atoms with E-state index in [-0.39, 0.29) is 18.0 Å². The Hall–Kier alpha value is -2.20. The number of pyridine rings is 1. The molecular formula is C15H14ClN3O. The minimum absolute atomic E-state index is 0. The van der Waals surface area contributed by atoms with Gasteiger partial charge in [-0.05, 0) is 13.0 Å². The third-order valence-corrected chi connectivity index (χ3v) is 3.15. The number of hydrogen-bond acceptors (Lipinski definition) is 2. The average Bonchev–Trinajstić information content (AvgIpc) is 2.46. The Morgan fingerprint density at radius 1 is 1.10 bits per heavy atom. The van der Waals surface area contributed by atoms with Crippen molar-refractivity contribution in [2.45, 2.75) is 13.5 Å². The highest BCUT2D eigenvalue weighted by Gasteiger charge is 2.09. The van der Waals surface area contributed by atoms with Crippen molar-refractivity contribution in [3.8, 4) is 0 Å². The van der Waals surface area contributed by atoms with Crippen molar-refractivity contribution in [1.82, 2.24) is 9.78 Å². The van der Waals surface area contributed by atoms with Crippen molar-refractivity contribution in [2.75, 3.05) is 0 Å². The molecule has 1 aromatic carbocycles. The molecule has 20 heavy (non-hydrogen) atoms. The van der Waals surface area contributed by atoms with Crippen LogP contribution < -0.4 is 23.0 Å². The first-order chi connectivity index (χ1) is 9.25. The molecule has 102 valence electrons. The van der Waals surface area contributed by atoms with Crippen LogP contribution in [0.15, 0.2) is 53.5 Å². The molecule has 0 aliphatic heterocycles. The second kappa shape index (κ2) is 5.84. The number of aromatic amines is 1. The monoisotopic (exact) mass is 287 g/mol. The summed E-state index contributed by atoms with van der Waals surface area (Å²) in [4.78, 5) is 15.5. The second-order valence-electron chi connectivity index (χ2n) is 4.48. The fourth-order valence-electron chi connectivity index (χ4n) is 2.20. The summed E-state index contributed by atoms with van der Waals surface area (Å²) in [5.41, 5.74) is 1.76. The maximum absolute atomic E-state index is 12.4. The number of aromatic nitrogens is 3. The van der Waals surface area contributed by atoms with E-state index in [9.17, 15) is 4.79 Å². The van der Waals surface area contributed by atoms with Gasteiger partial charge in [-0.25, -0.2) is 9.67 Å². The molecule has 0 fully saturated rings. The van der Waals surface area contributed by atoms with Gasteiger partial charge < -0.3 is 12.4 Å². The molecule has 0 aliphatic rings. The summed E-state index contributed by atoms with van der Waals surface area (Å²) in [7, 11) is 0. The van der Waals surface area contributed by atoms with E-state index in [0.717, 1.165) is 16.8 Å². The van der Waals surface area contributed by atoms with Crippen LogP contribution in [0, 0.1) is 6.92 Å². The second-order valence-corrected chi connectivity index (χ2v) is 4.48. The molecule has 0 saturated heterocycles. The number of nitrogens with zero attached hydrogens (tertiary/aromatic N) is 2. The lowest BCUT2D eigenvalue weighted by Gasteiger charge is -2.06. The fourth-order valence-corrected chi connectivity index (χ4v) is 2.20. The van der Waals surface area contributed by atoms with E-state index in [2.05, 4.69) is 10.1 Å². The first-order valence-electron chi connectivity index (χ1n) is 6.18. The summed E-state index contributed by atoms with van der Waals surface area (Å²) in [6, 6.07) is 13.4. The molecule has 2 aromatic heterocycles. The Kier molecular flexibility index (Phi) is 4.15. The third kappa shape index (κ3) is 2.56. The minimum Gasteiger partial charge on any atom is -1.00 e. The van der Waals surface area contributed by atoms with E-state index >= 15 is 0 Å². The van der Waals surface area contributed by atoms with Crippen molar-refractivity contribution in [3.63, 3.8) is 0 Å². The zero-order chi connectivity index (χ0) is 13.2. The molecule has 0 bridgehead atoms. The maximum Gasteiger partial charge on any atom is 0.275 e. The quantitative estimate of drug-likeness (QED) is 0.580. The molecule has 0 unspecified atom stereocenters. The summed E-state index contributed by atoms with van der Waals surface area (Å²) in [6.45, 7) is 2.37. The molecule has 0 atom stereocenters. The number of halogens is 1. The molecule has 0 radical (unpaired) electrons. The van der Waals surface area contributed by atoms with Crippen molar-refractivity contribution >= 4 is 10.8 Å². The molecular weight excluding hydrogens is 274 g/mol. The van der Waals surface area contributed by atoms with E-state index in [1.54, 1.807) is 0 Å². The number of rotatable bonds is 2. The lowest BCUT2D eigenvalue weighted by molar-refractivity contribution is -0.391. The smallest absolute Gasteiger partial charge is 0.275 e. The predicted molar refractivity (Wildman–Crippen MR) is 72.8 cm³/mol. The van der Waals surface area contributed by atoms with Crippen molar-refractivity contribution < 1.29 is 17.4 Å². The summed E-state index contributed by atoms with van der Waals surface area (Å²) in [5, 5.41) is 6.01. The predicted octanol–water partition coefficient (Wildman–Crippen LogP) is -1.43. The summed E-state index contributed by atoms with van der Waals surface area (Å²) >= 11 is 0. The fraction of sp³-hybridized carbons (Fsp3) is 0.133. The van der Waals surface area contributed by atoms with Crippen LogP contribution in [0.2, 0.25) is 0 Å². The van der Waals surface area contributed by atoms with Crippen LogP contribution in [-0.4, -0.2) is 9.78 Å². The van der Waals surface area contributed by atoms with Gasteiger partial charge in [0, 0.05) is 17.5 Å². The van der Waals surface area contributed by atoms with Gasteiger partial charge in [-0.15, -0.1) is 0 Å². The van der Waals surface area contributed by atoms with Gasteiger partial charge in [-0.1, -0.05) is 24.3 Å². The zero-order valence-electron chi connectivity index (χ0n) is 11.0. The van der Waals surface area contributed by atoms with E-state index in [4.69, 9.17) is 0 Å². The normalized spacial score (nSPS) is 10.2. The minimum atomic E-state index is -0.0570. The average molecular weight is 288 g/mol. The van der Waals surface area contributed by atoms with Crippen molar-refractivity contribution in [3.05, 3.63) is 70.4 Å². The van der Waals surface area contributed by atoms with Gasteiger partial charge >= 0.3 is 0 Å². The van der Waals surface area contributed by atoms with Gasteiger partial charge in [0.15, 0.2) is 6.20 Å². The van der Waals surface area contributed by atoms with Gasteiger partial charge in [0.1, 0.15) is 6.54 Å². The van der Waals surface area contributed by atoms with Crippen LogP contribution in [0.5, 0.6) is 0 Å². The van der Waals surface area contributed by atoms with E-state index < -0.39 is 0 Å². The summed E-state index contributed by atoms with van der Waals surface area (Å²) in [5.74, 6) is 0. The van der Waals surface area contributed by atoms with Gasteiger partial charge in [0.05, 0.1) is 11.1 Å². The molecule has 0 saturated carbocycles. The number of hydrogen-bond donors (Lipinski definition) is 0. The highest BCUT2D eigenvalue weighted by Crippen LogP contribution is 2.11. The Bertz CT molecular complexity index is 784. The van der Waals surface area contributed by atoms with Crippen LogP contribution in [0.25, 0.3) is 10.8 Å². The van der Waals surface area contributed by atoms with E-state index in [0.29, 0.717) is 11.9 Å². The molecule has 3 aromatic rings. The lowest BCUT2D eigenvalue weighted by Crippen LogP contribution is -3.00. The van der Waals surface area contributed by atoms with Crippen molar-refractivity contribution in [1.29, 1.82) is 0 Å². The lowest BCUT2D eigenvalue weighted by atomic mass is 10.1. The van der Waals surface area contributed by atoms with Crippen molar-refractivity contribution in [2.24, 2.45) is 0 Å². The van der Waals surface area contributed by atoms with Crippen LogP contribution in [0.1, 0.15) is 11.4 Å². The molecule has 1 N–H and O–H groups in total. The topological polar surface area (TPSA) is 49.0 Å². The summed E-state index contributed by atoms with van der Waals surface area (Å²) in [6.07, 6.45) is 1.84. The van der Waals surface area contributed by atoms with Crippen LogP contribution >= 0.6 is 0 Å². The van der Waals surface area contributed by atoms with Gasteiger partial charge in [-0.3, -0.25) is 4.79 Å². The molecule has 0 aliphatic carbocycles. The molecule has 0 amide bonds. The van der Waals surface area contributed by atoms with Crippen LogP contribution in [0.3, 0.4) is 0 Å². The highest BCUT2D eigenvalue weighted by atomic mass is 35.5. The van der Waals surface area contributed by atoms with E-state index in [1.165, 1.54) is 4.68 Å².